The first-order valence-electron chi connectivity index (χ1n) is 6.77. The van der Waals surface area contributed by atoms with Gasteiger partial charge in [-0.15, -0.1) is 0 Å². The van der Waals surface area contributed by atoms with Crippen LogP contribution < -0.4 is 4.74 Å². The predicted molar refractivity (Wildman–Crippen MR) is 82.3 cm³/mol. The fourth-order valence-corrected chi connectivity index (χ4v) is 2.31. The molecule has 1 atom stereocenters. The normalized spacial score (nSPS) is 12.9. The topological polar surface area (TPSA) is 89.4 Å². The van der Waals surface area contributed by atoms with Crippen LogP contribution in [0.1, 0.15) is 6.92 Å². The first kappa shape index (κ1) is 16.4. The number of aliphatic hydroxyl groups is 1. The maximum absolute atomic E-state index is 11.4. The highest BCUT2D eigenvalue weighted by molar-refractivity contribution is 7.90. The number of hydrogen-bond donors (Lipinski definition) is 1. The average Bonchev–Trinajstić information content (AvgIpc) is 2.52. The number of rotatable bonds is 6. The summed E-state index contributed by atoms with van der Waals surface area (Å²) >= 11 is 0. The second-order valence-corrected chi connectivity index (χ2v) is 7.07. The number of aliphatic hydroxyl groups excluding tert-OH is 1. The smallest absolute Gasteiger partial charge is 0.192 e. The Kier molecular flexibility index (Phi) is 5.10. The lowest BCUT2D eigenvalue weighted by Gasteiger charge is -2.13. The second-order valence-electron chi connectivity index (χ2n) is 5.11. The molecular formula is C15H18N2O4S. The van der Waals surface area contributed by atoms with Crippen molar-refractivity contribution in [3.8, 4) is 17.0 Å². The van der Waals surface area contributed by atoms with Gasteiger partial charge in [0.25, 0.3) is 0 Å². The van der Waals surface area contributed by atoms with Crippen LogP contribution in [-0.2, 0) is 9.84 Å². The van der Waals surface area contributed by atoms with E-state index >= 15 is 0 Å². The van der Waals surface area contributed by atoms with Gasteiger partial charge in [0, 0.05) is 36.7 Å². The van der Waals surface area contributed by atoms with Gasteiger partial charge in [0.1, 0.15) is 11.4 Å². The Bertz CT molecular complexity index is 729. The molecule has 0 bridgehead atoms. The van der Waals surface area contributed by atoms with Crippen LogP contribution in [0.3, 0.4) is 0 Å². The van der Waals surface area contributed by atoms with E-state index in [0.29, 0.717) is 23.6 Å². The minimum absolute atomic E-state index is 0.0128. The van der Waals surface area contributed by atoms with Crippen molar-refractivity contribution in [1.29, 1.82) is 0 Å². The maximum atomic E-state index is 11.4. The molecule has 0 aromatic carbocycles. The van der Waals surface area contributed by atoms with E-state index in [2.05, 4.69) is 9.97 Å². The number of pyridine rings is 2. The van der Waals surface area contributed by atoms with Gasteiger partial charge in [-0.2, -0.15) is 0 Å². The number of ether oxygens (including phenoxy) is 1. The van der Waals surface area contributed by atoms with E-state index in [4.69, 9.17) is 9.84 Å². The molecule has 2 heterocycles. The van der Waals surface area contributed by atoms with Crippen LogP contribution in [0.15, 0.2) is 41.7 Å². The third-order valence-corrected chi connectivity index (χ3v) is 4.00. The molecule has 1 N–H and O–H groups in total. The molecule has 0 amide bonds. The quantitative estimate of drug-likeness (QED) is 0.868. The molecule has 0 saturated heterocycles. The Hall–Kier alpha value is -1.99. The van der Waals surface area contributed by atoms with E-state index in [1.54, 1.807) is 24.4 Å². The Morgan fingerprint density at radius 3 is 2.64 bits per heavy atom. The van der Waals surface area contributed by atoms with Crippen molar-refractivity contribution in [2.75, 3.05) is 19.5 Å². The molecule has 0 spiro atoms. The monoisotopic (exact) mass is 322 g/mol. The van der Waals surface area contributed by atoms with E-state index in [9.17, 15) is 8.42 Å². The molecule has 2 aromatic heterocycles. The lowest BCUT2D eigenvalue weighted by molar-refractivity contribution is 0.174. The van der Waals surface area contributed by atoms with E-state index in [0.717, 1.165) is 6.26 Å². The first-order valence-corrected chi connectivity index (χ1v) is 8.66. The summed E-state index contributed by atoms with van der Waals surface area (Å²) in [5.41, 5.74) is 1.25. The molecule has 2 aromatic rings. The van der Waals surface area contributed by atoms with E-state index in [1.807, 2.05) is 6.92 Å². The van der Waals surface area contributed by atoms with Crippen molar-refractivity contribution in [3.05, 3.63) is 36.7 Å². The standard InChI is InChI=1S/C15H18N2O4S/c1-11(9-18)10-21-13-4-3-7-16-15(13)12-5-6-14(17-8-12)22(2,19)20/h3-8,11,18H,9-10H2,1-2H3/t11-/m0/s1. The van der Waals surface area contributed by atoms with Crippen molar-refractivity contribution in [3.63, 3.8) is 0 Å². The molecule has 118 valence electrons. The van der Waals surface area contributed by atoms with Crippen LogP contribution >= 0.6 is 0 Å². The van der Waals surface area contributed by atoms with E-state index < -0.39 is 9.84 Å². The zero-order valence-corrected chi connectivity index (χ0v) is 13.2. The molecule has 0 aliphatic carbocycles. The van der Waals surface area contributed by atoms with Crippen molar-refractivity contribution >= 4 is 9.84 Å². The molecule has 0 unspecified atom stereocenters. The minimum Gasteiger partial charge on any atom is -0.491 e. The summed E-state index contributed by atoms with van der Waals surface area (Å²) in [4.78, 5) is 8.22. The highest BCUT2D eigenvalue weighted by atomic mass is 32.2. The molecule has 2 rings (SSSR count). The summed E-state index contributed by atoms with van der Waals surface area (Å²) in [6, 6.07) is 6.62. The van der Waals surface area contributed by atoms with Crippen LogP contribution in [0.5, 0.6) is 5.75 Å². The zero-order valence-electron chi connectivity index (χ0n) is 12.4. The largest absolute Gasteiger partial charge is 0.491 e. The third-order valence-electron chi connectivity index (χ3n) is 3.00. The summed E-state index contributed by atoms with van der Waals surface area (Å²) in [6.07, 6.45) is 4.20. The summed E-state index contributed by atoms with van der Waals surface area (Å²) in [5.74, 6) is 0.579. The fraction of sp³-hybridized carbons (Fsp3) is 0.333. The SMILES string of the molecule is C[C@@H](CO)COc1cccnc1-c1ccc(S(C)(=O)=O)nc1. The summed E-state index contributed by atoms with van der Waals surface area (Å²) in [5, 5.41) is 9.06. The molecule has 0 aliphatic rings. The predicted octanol–water partition coefficient (Wildman–Crippen LogP) is 1.55. The summed E-state index contributed by atoms with van der Waals surface area (Å²) in [7, 11) is -3.33. The molecular weight excluding hydrogens is 304 g/mol. The van der Waals surface area contributed by atoms with E-state index in [-0.39, 0.29) is 17.6 Å². The third kappa shape index (κ3) is 4.02. The Labute approximate surface area is 129 Å². The van der Waals surface area contributed by atoms with Crippen molar-refractivity contribution in [2.45, 2.75) is 11.9 Å². The summed E-state index contributed by atoms with van der Waals surface area (Å²) < 4.78 is 28.5. The average molecular weight is 322 g/mol. The molecule has 6 nitrogen and oxygen atoms in total. The van der Waals surface area contributed by atoms with Gasteiger partial charge in [-0.05, 0) is 24.3 Å². The van der Waals surface area contributed by atoms with Crippen molar-refractivity contribution in [2.24, 2.45) is 5.92 Å². The van der Waals surface area contributed by atoms with Crippen LogP contribution in [0.25, 0.3) is 11.3 Å². The molecule has 22 heavy (non-hydrogen) atoms. The van der Waals surface area contributed by atoms with Gasteiger partial charge in [0.2, 0.25) is 0 Å². The van der Waals surface area contributed by atoms with Gasteiger partial charge in [0.05, 0.1) is 6.61 Å². The Balaban J connectivity index is 2.29. The van der Waals surface area contributed by atoms with Crippen molar-refractivity contribution < 1.29 is 18.3 Å². The van der Waals surface area contributed by atoms with Gasteiger partial charge >= 0.3 is 0 Å². The highest BCUT2D eigenvalue weighted by Crippen LogP contribution is 2.27. The minimum atomic E-state index is -3.33. The number of aromatic nitrogens is 2. The number of sulfone groups is 1. The fourth-order valence-electron chi connectivity index (χ4n) is 1.75. The molecule has 0 fully saturated rings. The van der Waals surface area contributed by atoms with Crippen LogP contribution in [0.4, 0.5) is 0 Å². The van der Waals surface area contributed by atoms with Crippen LogP contribution in [0.2, 0.25) is 0 Å². The summed E-state index contributed by atoms with van der Waals surface area (Å²) in [6.45, 7) is 2.28. The molecule has 0 radical (unpaired) electrons. The zero-order chi connectivity index (χ0) is 16.2. The number of nitrogens with zero attached hydrogens (tertiary/aromatic N) is 2. The van der Waals surface area contributed by atoms with E-state index in [1.165, 1.54) is 12.3 Å². The van der Waals surface area contributed by atoms with Gasteiger partial charge in [-0.1, -0.05) is 6.92 Å². The van der Waals surface area contributed by atoms with Gasteiger partial charge < -0.3 is 9.84 Å². The molecule has 0 aliphatic heterocycles. The van der Waals surface area contributed by atoms with Gasteiger partial charge in [-0.3, -0.25) is 4.98 Å². The van der Waals surface area contributed by atoms with Crippen LogP contribution in [-0.4, -0.2) is 43.0 Å². The lowest BCUT2D eigenvalue weighted by atomic mass is 10.1. The Morgan fingerprint density at radius 1 is 1.27 bits per heavy atom. The van der Waals surface area contributed by atoms with Crippen LogP contribution in [0, 0.1) is 5.92 Å². The molecule has 0 saturated carbocycles. The van der Waals surface area contributed by atoms with Crippen molar-refractivity contribution in [1.82, 2.24) is 9.97 Å². The highest BCUT2D eigenvalue weighted by Gasteiger charge is 2.12. The van der Waals surface area contributed by atoms with Gasteiger partial charge in [-0.25, -0.2) is 13.4 Å². The Morgan fingerprint density at radius 2 is 2.05 bits per heavy atom. The maximum Gasteiger partial charge on any atom is 0.192 e. The lowest BCUT2D eigenvalue weighted by Crippen LogP contribution is -2.12. The second kappa shape index (κ2) is 6.85. The molecule has 7 heteroatoms. The first-order chi connectivity index (χ1) is 10.4. The number of hydrogen-bond acceptors (Lipinski definition) is 6. The van der Waals surface area contributed by atoms with Gasteiger partial charge in [0.15, 0.2) is 14.9 Å².